The monoisotopic (exact) mass is 439 g/mol. The number of thiol groups is 1. The number of amides is 1. The van der Waals surface area contributed by atoms with Gasteiger partial charge in [0.25, 0.3) is 0 Å². The maximum atomic E-state index is 12.9. The number of carbonyl (C=O) groups is 1. The summed E-state index contributed by atoms with van der Waals surface area (Å²) in [5.41, 5.74) is 4.68. The second-order valence-electron chi connectivity index (χ2n) is 9.15. The van der Waals surface area contributed by atoms with Crippen molar-refractivity contribution < 1.29 is 4.79 Å². The molecular formula is C26H37N3OS. The van der Waals surface area contributed by atoms with Gasteiger partial charge in [0.05, 0.1) is 0 Å². The molecule has 31 heavy (non-hydrogen) atoms. The van der Waals surface area contributed by atoms with Crippen LogP contribution in [0.2, 0.25) is 0 Å². The third kappa shape index (κ3) is 6.50. The van der Waals surface area contributed by atoms with Crippen molar-refractivity contribution in [3.05, 3.63) is 59.7 Å². The van der Waals surface area contributed by atoms with Crippen molar-refractivity contribution in [3.63, 3.8) is 0 Å². The molecule has 1 unspecified atom stereocenters. The van der Waals surface area contributed by atoms with Gasteiger partial charge in [-0.3, -0.25) is 9.69 Å². The first kappa shape index (κ1) is 23.7. The normalized spacial score (nSPS) is 16.0. The maximum absolute atomic E-state index is 12.9. The van der Waals surface area contributed by atoms with Crippen LogP contribution in [0.1, 0.15) is 57.1 Å². The first-order valence-corrected chi connectivity index (χ1v) is 12.0. The lowest BCUT2D eigenvalue weighted by atomic mass is 9.92. The molecule has 4 nitrogen and oxygen atoms in total. The summed E-state index contributed by atoms with van der Waals surface area (Å²) in [4.78, 5) is 17.7. The minimum Gasteiger partial charge on any atom is -0.369 e. The standard InChI is InChI=1S/C26H37N3OS/c1-19(2)23-11-8-12-24(20(3)4)26(23)27-25(30)17-22(31)18-28-13-15-29(16-14-28)21-9-6-5-7-10-21/h5-12,19-20,22,31H,13-18H2,1-4H3,(H,27,30). The molecule has 1 aliphatic heterocycles. The zero-order chi connectivity index (χ0) is 22.4. The van der Waals surface area contributed by atoms with Gasteiger partial charge in [-0.25, -0.2) is 0 Å². The molecule has 1 fully saturated rings. The Morgan fingerprint density at radius 3 is 2.03 bits per heavy atom. The van der Waals surface area contributed by atoms with Crippen LogP contribution in [0.4, 0.5) is 11.4 Å². The zero-order valence-electron chi connectivity index (χ0n) is 19.3. The molecule has 3 rings (SSSR count). The average Bonchev–Trinajstić information content (AvgIpc) is 2.74. The van der Waals surface area contributed by atoms with Crippen molar-refractivity contribution in [2.45, 2.75) is 51.2 Å². The summed E-state index contributed by atoms with van der Waals surface area (Å²) in [6, 6.07) is 16.9. The van der Waals surface area contributed by atoms with Crippen molar-refractivity contribution in [1.29, 1.82) is 0 Å². The molecule has 1 amide bonds. The molecule has 5 heteroatoms. The topological polar surface area (TPSA) is 35.6 Å². The fourth-order valence-electron chi connectivity index (χ4n) is 4.29. The van der Waals surface area contributed by atoms with E-state index in [1.54, 1.807) is 0 Å². The molecule has 0 aliphatic carbocycles. The number of nitrogens with zero attached hydrogens (tertiary/aromatic N) is 2. The van der Waals surface area contributed by atoms with E-state index in [4.69, 9.17) is 12.6 Å². The smallest absolute Gasteiger partial charge is 0.225 e. The number of piperazine rings is 1. The molecule has 168 valence electrons. The third-order valence-electron chi connectivity index (χ3n) is 6.02. The van der Waals surface area contributed by atoms with Crippen LogP contribution in [0.25, 0.3) is 0 Å². The number of carbonyl (C=O) groups excluding carboxylic acids is 1. The van der Waals surface area contributed by atoms with Crippen LogP contribution in [-0.2, 0) is 4.79 Å². The Bertz CT molecular complexity index is 819. The van der Waals surface area contributed by atoms with E-state index in [0.717, 1.165) is 38.4 Å². The lowest BCUT2D eigenvalue weighted by molar-refractivity contribution is -0.116. The molecule has 1 heterocycles. The zero-order valence-corrected chi connectivity index (χ0v) is 20.2. The molecule has 0 bridgehead atoms. The fraction of sp³-hybridized carbons (Fsp3) is 0.500. The number of hydrogen-bond donors (Lipinski definition) is 2. The number of para-hydroxylation sites is 2. The highest BCUT2D eigenvalue weighted by Gasteiger charge is 2.21. The average molecular weight is 440 g/mol. The van der Waals surface area contributed by atoms with Crippen LogP contribution in [-0.4, -0.2) is 48.8 Å². The number of hydrogen-bond acceptors (Lipinski definition) is 4. The van der Waals surface area contributed by atoms with E-state index in [-0.39, 0.29) is 11.2 Å². The van der Waals surface area contributed by atoms with E-state index in [2.05, 4.69) is 91.3 Å². The highest BCUT2D eigenvalue weighted by atomic mass is 32.1. The van der Waals surface area contributed by atoms with E-state index in [9.17, 15) is 4.79 Å². The van der Waals surface area contributed by atoms with Gasteiger partial charge in [0.2, 0.25) is 5.91 Å². The molecule has 0 spiro atoms. The second kappa shape index (κ2) is 11.1. The molecule has 2 aromatic carbocycles. The highest BCUT2D eigenvalue weighted by molar-refractivity contribution is 7.81. The van der Waals surface area contributed by atoms with Crippen molar-refractivity contribution in [2.24, 2.45) is 0 Å². The summed E-state index contributed by atoms with van der Waals surface area (Å²) in [6.07, 6.45) is 0.423. The largest absolute Gasteiger partial charge is 0.369 e. The van der Waals surface area contributed by atoms with Gasteiger partial charge < -0.3 is 10.2 Å². The van der Waals surface area contributed by atoms with Crippen molar-refractivity contribution >= 4 is 29.9 Å². The van der Waals surface area contributed by atoms with Crippen LogP contribution in [0, 0.1) is 0 Å². The van der Waals surface area contributed by atoms with Crippen molar-refractivity contribution in [1.82, 2.24) is 4.90 Å². The van der Waals surface area contributed by atoms with Crippen LogP contribution >= 0.6 is 12.6 Å². The van der Waals surface area contributed by atoms with Crippen LogP contribution < -0.4 is 10.2 Å². The van der Waals surface area contributed by atoms with Gasteiger partial charge in [0, 0.05) is 55.8 Å². The predicted octanol–water partition coefficient (Wildman–Crippen LogP) is 5.38. The van der Waals surface area contributed by atoms with Gasteiger partial charge in [-0.05, 0) is 35.1 Å². The predicted molar refractivity (Wildman–Crippen MR) is 136 cm³/mol. The van der Waals surface area contributed by atoms with Crippen LogP contribution in [0.3, 0.4) is 0 Å². The molecule has 0 aromatic heterocycles. The minimum absolute atomic E-state index is 0.0250. The van der Waals surface area contributed by atoms with Crippen molar-refractivity contribution in [3.8, 4) is 0 Å². The molecule has 1 N–H and O–H groups in total. The molecule has 2 aromatic rings. The Balaban J connectivity index is 1.53. The second-order valence-corrected chi connectivity index (χ2v) is 9.88. The van der Waals surface area contributed by atoms with Gasteiger partial charge in [0.15, 0.2) is 0 Å². The number of anilines is 2. The highest BCUT2D eigenvalue weighted by Crippen LogP contribution is 2.32. The van der Waals surface area contributed by atoms with E-state index in [1.807, 2.05) is 0 Å². The Labute approximate surface area is 193 Å². The summed E-state index contributed by atoms with van der Waals surface area (Å²) in [5, 5.41) is 3.25. The summed E-state index contributed by atoms with van der Waals surface area (Å²) in [6.45, 7) is 13.5. The van der Waals surface area contributed by atoms with Gasteiger partial charge in [0.1, 0.15) is 0 Å². The molecule has 1 saturated heterocycles. The maximum Gasteiger partial charge on any atom is 0.225 e. The van der Waals surface area contributed by atoms with E-state index >= 15 is 0 Å². The summed E-state index contributed by atoms with van der Waals surface area (Å²) in [5.74, 6) is 0.779. The Morgan fingerprint density at radius 1 is 0.903 bits per heavy atom. The molecule has 0 radical (unpaired) electrons. The van der Waals surface area contributed by atoms with Gasteiger partial charge in [-0.1, -0.05) is 64.1 Å². The molecular weight excluding hydrogens is 402 g/mol. The number of benzene rings is 2. The van der Waals surface area contributed by atoms with Crippen LogP contribution in [0.15, 0.2) is 48.5 Å². The Kier molecular flexibility index (Phi) is 8.44. The fourth-order valence-corrected chi connectivity index (χ4v) is 4.69. The van der Waals surface area contributed by atoms with E-state index in [1.165, 1.54) is 16.8 Å². The van der Waals surface area contributed by atoms with Crippen LogP contribution in [0.5, 0.6) is 0 Å². The quantitative estimate of drug-likeness (QED) is 0.542. The van der Waals surface area contributed by atoms with E-state index in [0.29, 0.717) is 18.3 Å². The molecule has 1 aliphatic rings. The summed E-state index contributed by atoms with van der Waals surface area (Å²) < 4.78 is 0. The SMILES string of the molecule is CC(C)c1cccc(C(C)C)c1NC(=O)CC(S)CN1CCN(c2ccccc2)CC1. The first-order valence-electron chi connectivity index (χ1n) is 11.5. The van der Waals surface area contributed by atoms with Crippen molar-refractivity contribution in [2.75, 3.05) is 42.9 Å². The number of rotatable bonds is 8. The molecule has 1 atom stereocenters. The Morgan fingerprint density at radius 2 is 1.48 bits per heavy atom. The summed E-state index contributed by atoms with van der Waals surface area (Å²) in [7, 11) is 0. The first-order chi connectivity index (χ1) is 14.8. The minimum atomic E-state index is 0.0250. The number of nitrogens with one attached hydrogen (secondary N) is 1. The summed E-state index contributed by atoms with van der Waals surface area (Å²) >= 11 is 4.76. The lowest BCUT2D eigenvalue weighted by Crippen LogP contribution is -2.48. The Hall–Kier alpha value is -1.98. The van der Waals surface area contributed by atoms with Gasteiger partial charge in [-0.2, -0.15) is 12.6 Å². The lowest BCUT2D eigenvalue weighted by Gasteiger charge is -2.37. The van der Waals surface area contributed by atoms with E-state index < -0.39 is 0 Å². The molecule has 0 saturated carbocycles. The van der Waals surface area contributed by atoms with Gasteiger partial charge in [-0.15, -0.1) is 0 Å². The third-order valence-corrected chi connectivity index (χ3v) is 6.37. The van der Waals surface area contributed by atoms with Gasteiger partial charge >= 0.3 is 0 Å².